The second kappa shape index (κ2) is 4.97. The molecular formula is C12H13F3N2O. The number of nitrogens with one attached hydrogen (secondary N) is 1. The van der Waals surface area contributed by atoms with Gasteiger partial charge in [-0.1, -0.05) is 30.3 Å². The number of hydrazine groups is 1. The first-order valence-corrected chi connectivity index (χ1v) is 5.63. The zero-order chi connectivity index (χ0) is 13.2. The average molecular weight is 258 g/mol. The first kappa shape index (κ1) is 12.9. The summed E-state index contributed by atoms with van der Waals surface area (Å²) < 4.78 is 39.0. The summed E-state index contributed by atoms with van der Waals surface area (Å²) in [6.07, 6.45) is -4.42. The third-order valence-corrected chi connectivity index (χ3v) is 2.87. The minimum atomic E-state index is -4.37. The smallest absolute Gasteiger partial charge is 0.288 e. The van der Waals surface area contributed by atoms with Crippen LogP contribution in [0.5, 0.6) is 0 Å². The van der Waals surface area contributed by atoms with Crippen LogP contribution in [0.25, 0.3) is 0 Å². The maximum absolute atomic E-state index is 13.0. The Morgan fingerprint density at radius 3 is 2.44 bits per heavy atom. The number of carbonyl (C=O) groups excluding carboxylic acids is 1. The molecular weight excluding hydrogens is 245 g/mol. The first-order valence-electron chi connectivity index (χ1n) is 5.63. The van der Waals surface area contributed by atoms with Crippen molar-refractivity contribution in [1.29, 1.82) is 0 Å². The Labute approximate surface area is 103 Å². The van der Waals surface area contributed by atoms with Gasteiger partial charge in [0.2, 0.25) is 5.91 Å². The molecule has 1 atom stereocenters. The van der Waals surface area contributed by atoms with Crippen LogP contribution in [-0.2, 0) is 11.2 Å². The molecule has 0 aromatic heterocycles. The van der Waals surface area contributed by atoms with Gasteiger partial charge in [-0.25, -0.2) is 5.01 Å². The third-order valence-electron chi connectivity index (χ3n) is 2.87. The van der Waals surface area contributed by atoms with Gasteiger partial charge in [-0.15, -0.1) is 0 Å². The van der Waals surface area contributed by atoms with Crippen molar-refractivity contribution in [3.63, 3.8) is 0 Å². The Hall–Kier alpha value is -1.56. The normalized spacial score (nSPS) is 18.7. The predicted molar refractivity (Wildman–Crippen MR) is 59.5 cm³/mol. The van der Waals surface area contributed by atoms with Gasteiger partial charge in [0.15, 0.2) is 0 Å². The largest absolute Gasteiger partial charge is 0.406 e. The molecule has 0 radical (unpaired) electrons. The number of alkyl halides is 3. The molecule has 1 N–H and O–H groups in total. The summed E-state index contributed by atoms with van der Waals surface area (Å²) >= 11 is 0. The molecule has 1 amide bonds. The summed E-state index contributed by atoms with van der Waals surface area (Å²) in [6, 6.07) is 6.78. The summed E-state index contributed by atoms with van der Waals surface area (Å²) in [4.78, 5) is 11.0. The number of hydrogen-bond acceptors (Lipinski definition) is 2. The van der Waals surface area contributed by atoms with E-state index < -0.39 is 12.2 Å². The van der Waals surface area contributed by atoms with Crippen LogP contribution in [0, 0.1) is 0 Å². The molecule has 1 aromatic rings. The van der Waals surface area contributed by atoms with E-state index in [9.17, 15) is 18.0 Å². The number of benzene rings is 1. The van der Waals surface area contributed by atoms with E-state index in [1.165, 1.54) is 0 Å². The molecule has 2 rings (SSSR count). The highest BCUT2D eigenvalue weighted by Crippen LogP contribution is 2.28. The fraction of sp³-hybridized carbons (Fsp3) is 0.417. The van der Waals surface area contributed by atoms with Crippen LogP contribution in [0.4, 0.5) is 13.2 Å². The summed E-state index contributed by atoms with van der Waals surface area (Å²) in [6.45, 7) is 0.0931. The van der Waals surface area contributed by atoms with E-state index in [0.717, 1.165) is 5.01 Å². The fourth-order valence-corrected chi connectivity index (χ4v) is 1.97. The Bertz CT molecular complexity index is 419. The number of nitrogens with zero attached hydrogens (tertiary/aromatic N) is 1. The summed E-state index contributed by atoms with van der Waals surface area (Å²) in [5, 5.41) is 0.981. The van der Waals surface area contributed by atoms with Gasteiger partial charge in [-0.05, 0) is 12.0 Å². The standard InChI is InChI=1S/C12H13F3N2O/c13-12(14,15)10(17-7-6-11(18)16-17)8-9-4-2-1-3-5-9/h1-5,10H,6-8H2,(H,16,18). The van der Waals surface area contributed by atoms with Crippen molar-refractivity contribution >= 4 is 5.91 Å². The van der Waals surface area contributed by atoms with Crippen LogP contribution in [0.15, 0.2) is 30.3 Å². The molecule has 6 heteroatoms. The van der Waals surface area contributed by atoms with Crippen LogP contribution in [0.3, 0.4) is 0 Å². The SMILES string of the molecule is O=C1CCN(C(Cc2ccccc2)C(F)(F)F)N1. The molecule has 1 fully saturated rings. The lowest BCUT2D eigenvalue weighted by molar-refractivity contribution is -0.187. The molecule has 0 spiro atoms. The lowest BCUT2D eigenvalue weighted by atomic mass is 10.1. The van der Waals surface area contributed by atoms with E-state index in [0.29, 0.717) is 5.56 Å². The van der Waals surface area contributed by atoms with Gasteiger partial charge in [0.25, 0.3) is 0 Å². The van der Waals surface area contributed by atoms with Crippen LogP contribution < -0.4 is 5.43 Å². The van der Waals surface area contributed by atoms with Crippen molar-refractivity contribution in [2.24, 2.45) is 0 Å². The van der Waals surface area contributed by atoms with Crippen LogP contribution in [0.1, 0.15) is 12.0 Å². The highest BCUT2D eigenvalue weighted by atomic mass is 19.4. The average Bonchev–Trinajstić information content (AvgIpc) is 2.72. The van der Waals surface area contributed by atoms with Crippen molar-refractivity contribution in [2.75, 3.05) is 6.54 Å². The summed E-state index contributed by atoms with van der Waals surface area (Å²) in [7, 11) is 0. The molecule has 18 heavy (non-hydrogen) atoms. The number of halogens is 3. The predicted octanol–water partition coefficient (Wildman–Crippen LogP) is 1.90. The lowest BCUT2D eigenvalue weighted by Gasteiger charge is -2.28. The maximum atomic E-state index is 13.0. The van der Waals surface area contributed by atoms with E-state index in [4.69, 9.17) is 0 Å². The molecule has 0 aliphatic carbocycles. The molecule has 1 heterocycles. The van der Waals surface area contributed by atoms with Gasteiger partial charge in [0, 0.05) is 13.0 Å². The number of hydrogen-bond donors (Lipinski definition) is 1. The second-order valence-corrected chi connectivity index (χ2v) is 4.23. The zero-order valence-electron chi connectivity index (χ0n) is 9.57. The van der Waals surface area contributed by atoms with Gasteiger partial charge >= 0.3 is 6.18 Å². The van der Waals surface area contributed by atoms with Crippen LogP contribution in [0.2, 0.25) is 0 Å². The molecule has 1 saturated heterocycles. The topological polar surface area (TPSA) is 32.3 Å². The molecule has 0 saturated carbocycles. The van der Waals surface area contributed by atoms with Crippen molar-refractivity contribution < 1.29 is 18.0 Å². The van der Waals surface area contributed by atoms with Crippen LogP contribution >= 0.6 is 0 Å². The molecule has 0 bridgehead atoms. The summed E-state index contributed by atoms with van der Waals surface area (Å²) in [5.74, 6) is -0.364. The van der Waals surface area contributed by atoms with E-state index >= 15 is 0 Å². The van der Waals surface area contributed by atoms with E-state index in [2.05, 4.69) is 5.43 Å². The quantitative estimate of drug-likeness (QED) is 0.898. The highest BCUT2D eigenvalue weighted by molar-refractivity contribution is 5.77. The Kier molecular flexibility index (Phi) is 3.56. The van der Waals surface area contributed by atoms with Gasteiger partial charge in [0.1, 0.15) is 6.04 Å². The van der Waals surface area contributed by atoms with Gasteiger partial charge in [0.05, 0.1) is 0 Å². The Morgan fingerprint density at radius 2 is 1.94 bits per heavy atom. The van der Waals surface area contributed by atoms with Crippen molar-refractivity contribution in [3.05, 3.63) is 35.9 Å². The van der Waals surface area contributed by atoms with Gasteiger partial charge < -0.3 is 0 Å². The lowest BCUT2D eigenvalue weighted by Crippen LogP contribution is -2.51. The summed E-state index contributed by atoms with van der Waals surface area (Å²) in [5.41, 5.74) is 2.85. The number of rotatable bonds is 3. The Balaban J connectivity index is 2.14. The van der Waals surface area contributed by atoms with Gasteiger partial charge in [-0.2, -0.15) is 13.2 Å². The third kappa shape index (κ3) is 3.01. The fourth-order valence-electron chi connectivity index (χ4n) is 1.97. The van der Waals surface area contributed by atoms with Crippen molar-refractivity contribution in [2.45, 2.75) is 25.1 Å². The van der Waals surface area contributed by atoms with Crippen molar-refractivity contribution in [3.8, 4) is 0 Å². The van der Waals surface area contributed by atoms with Gasteiger partial charge in [-0.3, -0.25) is 10.2 Å². The Morgan fingerprint density at radius 1 is 1.28 bits per heavy atom. The van der Waals surface area contributed by atoms with E-state index in [1.807, 2.05) is 0 Å². The number of amides is 1. The number of carbonyl (C=O) groups is 1. The van der Waals surface area contributed by atoms with E-state index in [-0.39, 0.29) is 25.3 Å². The molecule has 1 aliphatic rings. The molecule has 1 aromatic carbocycles. The highest BCUT2D eigenvalue weighted by Gasteiger charge is 2.45. The van der Waals surface area contributed by atoms with Crippen LogP contribution in [-0.4, -0.2) is 29.7 Å². The van der Waals surface area contributed by atoms with E-state index in [1.54, 1.807) is 30.3 Å². The second-order valence-electron chi connectivity index (χ2n) is 4.23. The molecule has 3 nitrogen and oxygen atoms in total. The molecule has 1 aliphatic heterocycles. The van der Waals surface area contributed by atoms with Crippen molar-refractivity contribution in [1.82, 2.24) is 10.4 Å². The first-order chi connectivity index (χ1) is 8.47. The zero-order valence-corrected chi connectivity index (χ0v) is 9.57. The minimum absolute atomic E-state index is 0.0931. The molecule has 98 valence electrons. The monoisotopic (exact) mass is 258 g/mol. The molecule has 1 unspecified atom stereocenters. The minimum Gasteiger partial charge on any atom is -0.288 e. The maximum Gasteiger partial charge on any atom is 0.406 e.